The fraction of sp³-hybridized carbons (Fsp3) is 0.318. The average molecular weight is 411 g/mol. The molecule has 1 aliphatic rings. The number of rotatable bonds is 6. The van der Waals surface area contributed by atoms with E-state index in [4.69, 9.17) is 14.0 Å². The van der Waals surface area contributed by atoms with Gasteiger partial charge >= 0.3 is 0 Å². The van der Waals surface area contributed by atoms with Crippen LogP contribution in [0, 0.1) is 5.82 Å². The molecule has 0 bridgehead atoms. The highest BCUT2D eigenvalue weighted by molar-refractivity contribution is 5.97. The lowest BCUT2D eigenvalue weighted by Crippen LogP contribution is -2.39. The number of carbonyl (C=O) groups is 1. The first-order valence-corrected chi connectivity index (χ1v) is 9.80. The SMILES string of the molecule is COc1ccccc1C(=O)N1CCCCC1c1noc(COc2ccc(F)cc2)n1. The first-order valence-electron chi connectivity index (χ1n) is 9.80. The molecule has 0 spiro atoms. The molecule has 0 N–H and O–H groups in total. The third-order valence-electron chi connectivity index (χ3n) is 5.06. The van der Waals surface area contributed by atoms with E-state index in [1.807, 2.05) is 12.1 Å². The van der Waals surface area contributed by atoms with Gasteiger partial charge < -0.3 is 18.9 Å². The zero-order valence-corrected chi connectivity index (χ0v) is 16.6. The Labute approximate surface area is 173 Å². The van der Waals surface area contributed by atoms with Crippen molar-refractivity contribution in [1.29, 1.82) is 0 Å². The van der Waals surface area contributed by atoms with Crippen molar-refractivity contribution in [2.24, 2.45) is 0 Å². The summed E-state index contributed by atoms with van der Waals surface area (Å²) < 4.78 is 29.2. The Morgan fingerprint density at radius 2 is 2.00 bits per heavy atom. The summed E-state index contributed by atoms with van der Waals surface area (Å²) in [6.07, 6.45) is 2.63. The number of nitrogens with zero attached hydrogens (tertiary/aromatic N) is 3. The van der Waals surface area contributed by atoms with Crippen molar-refractivity contribution in [2.45, 2.75) is 31.9 Å². The summed E-state index contributed by atoms with van der Waals surface area (Å²) in [6.45, 7) is 0.670. The number of amides is 1. The van der Waals surface area contributed by atoms with Crippen LogP contribution in [-0.2, 0) is 6.61 Å². The summed E-state index contributed by atoms with van der Waals surface area (Å²) in [6, 6.07) is 12.6. The number of halogens is 1. The molecule has 8 heteroatoms. The maximum absolute atomic E-state index is 13.2. The van der Waals surface area contributed by atoms with E-state index in [-0.39, 0.29) is 24.4 Å². The van der Waals surface area contributed by atoms with Gasteiger partial charge in [-0.2, -0.15) is 4.98 Å². The number of likely N-dealkylation sites (tertiary alicyclic amines) is 1. The standard InChI is InChI=1S/C22H22FN3O4/c1-28-19-8-3-2-6-17(19)22(27)26-13-5-4-7-18(26)21-24-20(30-25-21)14-29-16-11-9-15(23)10-12-16/h2-3,6,8-12,18H,4-5,7,13-14H2,1H3. The molecule has 1 aliphatic heterocycles. The van der Waals surface area contributed by atoms with Gasteiger partial charge in [0.2, 0.25) is 0 Å². The van der Waals surface area contributed by atoms with E-state index in [1.54, 1.807) is 24.1 Å². The number of piperidine rings is 1. The van der Waals surface area contributed by atoms with Crippen LogP contribution in [0.5, 0.6) is 11.5 Å². The van der Waals surface area contributed by atoms with Crippen molar-refractivity contribution in [3.05, 3.63) is 71.6 Å². The Hall–Kier alpha value is -3.42. The predicted molar refractivity (Wildman–Crippen MR) is 106 cm³/mol. The molecule has 1 unspecified atom stereocenters. The fourth-order valence-electron chi connectivity index (χ4n) is 3.56. The smallest absolute Gasteiger partial charge is 0.264 e. The maximum Gasteiger partial charge on any atom is 0.264 e. The zero-order valence-electron chi connectivity index (χ0n) is 16.6. The molecular weight excluding hydrogens is 389 g/mol. The van der Waals surface area contributed by atoms with Gasteiger partial charge in [-0.25, -0.2) is 4.39 Å². The molecule has 3 aromatic rings. The van der Waals surface area contributed by atoms with Crippen LogP contribution < -0.4 is 9.47 Å². The molecule has 1 saturated heterocycles. The molecule has 1 amide bonds. The first-order chi connectivity index (χ1) is 14.7. The molecule has 156 valence electrons. The van der Waals surface area contributed by atoms with Gasteiger partial charge in [0, 0.05) is 6.54 Å². The van der Waals surface area contributed by atoms with Crippen LogP contribution in [0.3, 0.4) is 0 Å². The van der Waals surface area contributed by atoms with Crippen LogP contribution in [0.1, 0.15) is 47.4 Å². The number of ether oxygens (including phenoxy) is 2. The molecule has 1 aromatic heterocycles. The van der Waals surface area contributed by atoms with Gasteiger partial charge in [0.1, 0.15) is 17.3 Å². The number of para-hydroxylation sites is 1. The van der Waals surface area contributed by atoms with E-state index in [2.05, 4.69) is 10.1 Å². The second kappa shape index (κ2) is 8.94. The number of carbonyl (C=O) groups excluding carboxylic acids is 1. The number of methoxy groups -OCH3 is 1. The van der Waals surface area contributed by atoms with Crippen molar-refractivity contribution in [3.63, 3.8) is 0 Å². The van der Waals surface area contributed by atoms with Crippen LogP contribution >= 0.6 is 0 Å². The topological polar surface area (TPSA) is 77.7 Å². The Balaban J connectivity index is 1.49. The Morgan fingerprint density at radius 3 is 2.80 bits per heavy atom. The van der Waals surface area contributed by atoms with Gasteiger partial charge in [0.25, 0.3) is 11.8 Å². The number of hydrogen-bond donors (Lipinski definition) is 0. The van der Waals surface area contributed by atoms with E-state index in [9.17, 15) is 9.18 Å². The van der Waals surface area contributed by atoms with Crippen molar-refractivity contribution in [3.8, 4) is 11.5 Å². The highest BCUT2D eigenvalue weighted by atomic mass is 19.1. The highest BCUT2D eigenvalue weighted by Crippen LogP contribution is 2.32. The van der Waals surface area contributed by atoms with E-state index in [1.165, 1.54) is 24.3 Å². The number of hydrogen-bond acceptors (Lipinski definition) is 6. The van der Waals surface area contributed by atoms with E-state index in [0.717, 1.165) is 19.3 Å². The summed E-state index contributed by atoms with van der Waals surface area (Å²) in [7, 11) is 1.55. The van der Waals surface area contributed by atoms with Crippen molar-refractivity contribution in [1.82, 2.24) is 15.0 Å². The van der Waals surface area contributed by atoms with Gasteiger partial charge in [-0.1, -0.05) is 17.3 Å². The summed E-state index contributed by atoms with van der Waals surface area (Å²) in [5.41, 5.74) is 0.510. The predicted octanol–water partition coefficient (Wildman–Crippen LogP) is 4.16. The van der Waals surface area contributed by atoms with Crippen molar-refractivity contribution < 1.29 is 23.2 Å². The molecule has 7 nitrogen and oxygen atoms in total. The number of benzene rings is 2. The molecule has 4 rings (SSSR count). The lowest BCUT2D eigenvalue weighted by Gasteiger charge is -2.34. The molecule has 1 fully saturated rings. The molecular formula is C22H22FN3O4. The molecule has 2 aromatic carbocycles. The molecule has 0 aliphatic carbocycles. The Bertz CT molecular complexity index is 1010. The van der Waals surface area contributed by atoms with Gasteiger partial charge in [0.15, 0.2) is 12.4 Å². The lowest BCUT2D eigenvalue weighted by atomic mass is 10.00. The van der Waals surface area contributed by atoms with Gasteiger partial charge in [-0.3, -0.25) is 4.79 Å². The minimum Gasteiger partial charge on any atom is -0.496 e. The van der Waals surface area contributed by atoms with Crippen LogP contribution in [0.4, 0.5) is 4.39 Å². The first kappa shape index (κ1) is 19.9. The highest BCUT2D eigenvalue weighted by Gasteiger charge is 2.33. The third kappa shape index (κ3) is 4.27. The second-order valence-electron chi connectivity index (χ2n) is 7.00. The van der Waals surface area contributed by atoms with Crippen molar-refractivity contribution in [2.75, 3.05) is 13.7 Å². The van der Waals surface area contributed by atoms with E-state index >= 15 is 0 Å². The third-order valence-corrected chi connectivity index (χ3v) is 5.06. The van der Waals surface area contributed by atoms with Crippen LogP contribution in [0.25, 0.3) is 0 Å². The van der Waals surface area contributed by atoms with Crippen molar-refractivity contribution >= 4 is 5.91 Å². The van der Waals surface area contributed by atoms with Crippen LogP contribution in [0.2, 0.25) is 0 Å². The monoisotopic (exact) mass is 411 g/mol. The van der Waals surface area contributed by atoms with Gasteiger partial charge in [-0.15, -0.1) is 0 Å². The van der Waals surface area contributed by atoms with E-state index in [0.29, 0.717) is 35.3 Å². The Morgan fingerprint density at radius 1 is 1.20 bits per heavy atom. The average Bonchev–Trinajstić information content (AvgIpc) is 3.27. The molecule has 2 heterocycles. The molecule has 30 heavy (non-hydrogen) atoms. The Kier molecular flexibility index (Phi) is 5.92. The van der Waals surface area contributed by atoms with Gasteiger partial charge in [-0.05, 0) is 55.7 Å². The summed E-state index contributed by atoms with van der Waals surface area (Å²) in [4.78, 5) is 19.4. The zero-order chi connectivity index (χ0) is 20.9. The maximum atomic E-state index is 13.2. The summed E-state index contributed by atoms with van der Waals surface area (Å²) in [5, 5.41) is 4.08. The molecule has 0 radical (unpaired) electrons. The van der Waals surface area contributed by atoms with Crippen LogP contribution in [0.15, 0.2) is 53.1 Å². The fourth-order valence-corrected chi connectivity index (χ4v) is 3.56. The minimum atomic E-state index is -0.334. The van der Waals surface area contributed by atoms with Gasteiger partial charge in [0.05, 0.1) is 18.7 Å². The second-order valence-corrected chi connectivity index (χ2v) is 7.00. The molecule has 1 atom stereocenters. The summed E-state index contributed by atoms with van der Waals surface area (Å²) in [5.74, 6) is 1.33. The van der Waals surface area contributed by atoms with Crippen LogP contribution in [-0.4, -0.2) is 34.6 Å². The normalized spacial score (nSPS) is 16.3. The number of aromatic nitrogens is 2. The summed E-state index contributed by atoms with van der Waals surface area (Å²) >= 11 is 0. The molecule has 0 saturated carbocycles. The quantitative estimate of drug-likeness (QED) is 0.606. The minimum absolute atomic E-state index is 0.0613. The lowest BCUT2D eigenvalue weighted by molar-refractivity contribution is 0.0593. The van der Waals surface area contributed by atoms with E-state index < -0.39 is 0 Å². The largest absolute Gasteiger partial charge is 0.496 e.